The second-order valence-electron chi connectivity index (χ2n) is 3.88. The summed E-state index contributed by atoms with van der Waals surface area (Å²) in [5.74, 6) is 0.225. The minimum absolute atomic E-state index is 0.225. The van der Waals surface area contributed by atoms with E-state index in [9.17, 15) is 4.79 Å². The van der Waals surface area contributed by atoms with Crippen molar-refractivity contribution < 1.29 is 4.79 Å². The van der Waals surface area contributed by atoms with Gasteiger partial charge in [-0.3, -0.25) is 9.48 Å². The normalized spacial score (nSPS) is 15.3. The van der Waals surface area contributed by atoms with E-state index in [2.05, 4.69) is 5.10 Å². The molecule has 0 atom stereocenters. The number of carbonyl (C=O) groups excluding carboxylic acids is 1. The lowest BCUT2D eigenvalue weighted by Gasteiger charge is -2.09. The van der Waals surface area contributed by atoms with Crippen LogP contribution in [0.1, 0.15) is 47.9 Å². The van der Waals surface area contributed by atoms with Crippen LogP contribution in [0.5, 0.6) is 0 Å². The molecule has 0 radical (unpaired) electrons. The van der Waals surface area contributed by atoms with Crippen molar-refractivity contribution in [3.05, 3.63) is 17.0 Å². The van der Waals surface area contributed by atoms with Gasteiger partial charge in [-0.15, -0.1) is 0 Å². The van der Waals surface area contributed by atoms with E-state index in [1.807, 2.05) is 14.0 Å². The van der Waals surface area contributed by atoms with E-state index < -0.39 is 0 Å². The Morgan fingerprint density at radius 1 is 1.43 bits per heavy atom. The molecule has 0 aromatic carbocycles. The molecule has 1 aliphatic carbocycles. The van der Waals surface area contributed by atoms with Crippen molar-refractivity contribution >= 4 is 5.78 Å². The monoisotopic (exact) mass is 192 g/mol. The highest BCUT2D eigenvalue weighted by molar-refractivity contribution is 5.96. The third-order valence-corrected chi connectivity index (χ3v) is 2.90. The zero-order valence-electron chi connectivity index (χ0n) is 8.84. The van der Waals surface area contributed by atoms with Gasteiger partial charge in [-0.25, -0.2) is 0 Å². The van der Waals surface area contributed by atoms with E-state index in [4.69, 9.17) is 0 Å². The van der Waals surface area contributed by atoms with E-state index >= 15 is 0 Å². The van der Waals surface area contributed by atoms with Crippen LogP contribution in [0.15, 0.2) is 0 Å². The molecule has 3 heteroatoms. The smallest absolute Gasteiger partial charge is 0.180 e. The summed E-state index contributed by atoms with van der Waals surface area (Å²) in [5.41, 5.74) is 3.21. The number of ketones is 1. The Morgan fingerprint density at radius 2 is 2.14 bits per heavy atom. The molecule has 0 saturated carbocycles. The summed E-state index contributed by atoms with van der Waals surface area (Å²) in [4.78, 5) is 11.7. The summed E-state index contributed by atoms with van der Waals surface area (Å²) in [6.45, 7) is 1.91. The van der Waals surface area contributed by atoms with E-state index in [1.54, 1.807) is 4.68 Å². The molecule has 3 nitrogen and oxygen atoms in total. The molecule has 0 aliphatic heterocycles. The summed E-state index contributed by atoms with van der Waals surface area (Å²) in [7, 11) is 1.88. The third kappa shape index (κ3) is 1.37. The fourth-order valence-corrected chi connectivity index (χ4v) is 2.20. The summed E-state index contributed by atoms with van der Waals surface area (Å²) < 4.78 is 1.77. The minimum Gasteiger partial charge on any atom is -0.292 e. The van der Waals surface area contributed by atoms with Gasteiger partial charge in [0.25, 0.3) is 0 Å². The molecule has 1 aliphatic rings. The molecule has 2 rings (SSSR count). The van der Waals surface area contributed by atoms with Crippen molar-refractivity contribution in [3.63, 3.8) is 0 Å². The fourth-order valence-electron chi connectivity index (χ4n) is 2.20. The SMILES string of the molecule is CCC(=O)c1c2c(nn1C)CCCC2. The van der Waals surface area contributed by atoms with Crippen LogP contribution < -0.4 is 0 Å². The number of aromatic nitrogens is 2. The van der Waals surface area contributed by atoms with Crippen LogP contribution in [0, 0.1) is 0 Å². The highest BCUT2D eigenvalue weighted by Gasteiger charge is 2.22. The highest BCUT2D eigenvalue weighted by Crippen LogP contribution is 2.24. The molecule has 0 saturated heterocycles. The number of hydrogen-bond acceptors (Lipinski definition) is 2. The van der Waals surface area contributed by atoms with Gasteiger partial charge in [-0.1, -0.05) is 6.92 Å². The number of aryl methyl sites for hydroxylation is 2. The van der Waals surface area contributed by atoms with Gasteiger partial charge >= 0.3 is 0 Å². The second kappa shape index (κ2) is 3.56. The van der Waals surface area contributed by atoms with E-state index in [1.165, 1.54) is 18.4 Å². The lowest BCUT2D eigenvalue weighted by molar-refractivity contribution is 0.0978. The highest BCUT2D eigenvalue weighted by atomic mass is 16.1. The van der Waals surface area contributed by atoms with E-state index in [-0.39, 0.29) is 5.78 Å². The lowest BCUT2D eigenvalue weighted by Crippen LogP contribution is -2.09. The maximum atomic E-state index is 11.7. The fraction of sp³-hybridized carbons (Fsp3) is 0.636. The molecule has 0 N–H and O–H groups in total. The molecule has 0 spiro atoms. The second-order valence-corrected chi connectivity index (χ2v) is 3.88. The Labute approximate surface area is 84.1 Å². The summed E-state index contributed by atoms with van der Waals surface area (Å²) >= 11 is 0. The van der Waals surface area contributed by atoms with Crippen LogP contribution in [-0.4, -0.2) is 15.6 Å². The molecule has 0 amide bonds. The number of hydrogen-bond donors (Lipinski definition) is 0. The Morgan fingerprint density at radius 3 is 2.86 bits per heavy atom. The van der Waals surface area contributed by atoms with Crippen LogP contribution in [0.25, 0.3) is 0 Å². The van der Waals surface area contributed by atoms with Crippen molar-refractivity contribution in [2.75, 3.05) is 0 Å². The largest absolute Gasteiger partial charge is 0.292 e. The van der Waals surface area contributed by atoms with Crippen LogP contribution in [0.3, 0.4) is 0 Å². The van der Waals surface area contributed by atoms with Crippen LogP contribution in [0.2, 0.25) is 0 Å². The van der Waals surface area contributed by atoms with Gasteiger partial charge in [-0.2, -0.15) is 5.10 Å². The van der Waals surface area contributed by atoms with Gasteiger partial charge in [0.05, 0.1) is 5.69 Å². The number of Topliss-reactive ketones (excluding diaryl/α,β-unsaturated/α-hetero) is 1. The Kier molecular flexibility index (Phi) is 2.40. The Bertz CT molecular complexity index is 366. The molecular formula is C11H16N2O. The molecular weight excluding hydrogens is 176 g/mol. The third-order valence-electron chi connectivity index (χ3n) is 2.90. The average molecular weight is 192 g/mol. The maximum absolute atomic E-state index is 11.7. The van der Waals surface area contributed by atoms with Crippen LogP contribution >= 0.6 is 0 Å². The topological polar surface area (TPSA) is 34.9 Å². The standard InChI is InChI=1S/C11H16N2O/c1-3-10(14)11-8-6-4-5-7-9(8)12-13(11)2/h3-7H2,1-2H3. The Hall–Kier alpha value is -1.12. The number of carbonyl (C=O) groups is 1. The lowest BCUT2D eigenvalue weighted by atomic mass is 9.94. The average Bonchev–Trinajstić information content (AvgIpc) is 2.53. The summed E-state index contributed by atoms with van der Waals surface area (Å²) in [6.07, 6.45) is 5.06. The van der Waals surface area contributed by atoms with Crippen LogP contribution in [-0.2, 0) is 19.9 Å². The predicted octanol–water partition coefficient (Wildman–Crippen LogP) is 1.89. The number of nitrogens with zero attached hydrogens (tertiary/aromatic N) is 2. The molecule has 0 bridgehead atoms. The van der Waals surface area contributed by atoms with Gasteiger partial charge in [0.2, 0.25) is 0 Å². The van der Waals surface area contributed by atoms with Gasteiger partial charge < -0.3 is 0 Å². The molecule has 1 heterocycles. The van der Waals surface area contributed by atoms with Crippen LogP contribution in [0.4, 0.5) is 0 Å². The summed E-state index contributed by atoms with van der Waals surface area (Å²) in [6, 6.07) is 0. The zero-order valence-corrected chi connectivity index (χ0v) is 8.84. The van der Waals surface area contributed by atoms with Gasteiger partial charge in [0.1, 0.15) is 5.69 Å². The van der Waals surface area contributed by atoms with E-state index in [0.29, 0.717) is 6.42 Å². The molecule has 76 valence electrons. The predicted molar refractivity (Wildman–Crippen MR) is 54.5 cm³/mol. The first-order valence-electron chi connectivity index (χ1n) is 5.32. The first-order valence-corrected chi connectivity index (χ1v) is 5.32. The molecule has 1 aromatic heterocycles. The molecule has 0 unspecified atom stereocenters. The molecule has 0 fully saturated rings. The first kappa shape index (κ1) is 9.44. The zero-order chi connectivity index (χ0) is 10.1. The van der Waals surface area contributed by atoms with Crippen molar-refractivity contribution in [2.24, 2.45) is 7.05 Å². The van der Waals surface area contributed by atoms with Crippen molar-refractivity contribution in [2.45, 2.75) is 39.0 Å². The van der Waals surface area contributed by atoms with Gasteiger partial charge in [0.15, 0.2) is 5.78 Å². The number of rotatable bonds is 2. The van der Waals surface area contributed by atoms with Crippen molar-refractivity contribution in [3.8, 4) is 0 Å². The number of fused-ring (bicyclic) bond motifs is 1. The quantitative estimate of drug-likeness (QED) is 0.671. The molecule has 1 aromatic rings. The maximum Gasteiger partial charge on any atom is 0.180 e. The van der Waals surface area contributed by atoms with Crippen molar-refractivity contribution in [1.29, 1.82) is 0 Å². The van der Waals surface area contributed by atoms with E-state index in [0.717, 1.165) is 24.2 Å². The molecule has 14 heavy (non-hydrogen) atoms. The summed E-state index contributed by atoms with van der Waals surface area (Å²) in [5, 5.41) is 4.42. The van der Waals surface area contributed by atoms with Crippen molar-refractivity contribution in [1.82, 2.24) is 9.78 Å². The van der Waals surface area contributed by atoms with Gasteiger partial charge in [0, 0.05) is 19.0 Å². The Balaban J connectivity index is 2.47. The minimum atomic E-state index is 0.225. The first-order chi connectivity index (χ1) is 6.74. The van der Waals surface area contributed by atoms with Gasteiger partial charge in [-0.05, 0) is 25.7 Å².